The Balaban J connectivity index is 2.26. The lowest BCUT2D eigenvalue weighted by atomic mass is 9.93. The molecular weight excluding hydrogens is 228 g/mol. The fraction of sp³-hybridized carbons (Fsp3) is 0.231. The first-order chi connectivity index (χ1) is 8.64. The molecule has 0 saturated carbocycles. The maximum Gasteiger partial charge on any atom is 0.145 e. The topological polar surface area (TPSA) is 84.1 Å². The van der Waals surface area contributed by atoms with E-state index in [-0.39, 0.29) is 6.61 Å². The molecule has 94 valence electrons. The molecule has 1 aromatic carbocycles. The maximum atomic E-state index is 9.62. The number of nitrogens with two attached hydrogens (primary N) is 1. The van der Waals surface area contributed by atoms with Crippen LogP contribution >= 0.6 is 0 Å². The molecule has 0 amide bonds. The van der Waals surface area contributed by atoms with E-state index in [0.717, 1.165) is 5.56 Å². The van der Waals surface area contributed by atoms with Crippen LogP contribution in [-0.2, 0) is 5.54 Å². The van der Waals surface area contributed by atoms with Gasteiger partial charge < -0.3 is 16.2 Å². The van der Waals surface area contributed by atoms with Crippen LogP contribution in [0.25, 0.3) is 0 Å². The Hall–Kier alpha value is -2.14. The second kappa shape index (κ2) is 5.01. The maximum absolute atomic E-state index is 9.62. The van der Waals surface area contributed by atoms with Crippen LogP contribution in [0.3, 0.4) is 0 Å². The summed E-state index contributed by atoms with van der Waals surface area (Å²) in [6.45, 7) is 1.85. The van der Waals surface area contributed by atoms with Crippen molar-refractivity contribution in [2.24, 2.45) is 0 Å². The minimum atomic E-state index is -0.605. The lowest BCUT2D eigenvalue weighted by molar-refractivity contribution is 0.223. The van der Waals surface area contributed by atoms with E-state index < -0.39 is 5.54 Å². The zero-order valence-electron chi connectivity index (χ0n) is 10.2. The summed E-state index contributed by atoms with van der Waals surface area (Å²) in [6, 6.07) is 9.70. The van der Waals surface area contributed by atoms with E-state index in [1.807, 2.05) is 37.3 Å². The van der Waals surface area contributed by atoms with Crippen molar-refractivity contribution in [1.82, 2.24) is 9.97 Å². The molecule has 0 bridgehead atoms. The van der Waals surface area contributed by atoms with Crippen LogP contribution in [0.15, 0.2) is 42.7 Å². The van der Waals surface area contributed by atoms with Crippen LogP contribution < -0.4 is 11.1 Å². The molecule has 1 heterocycles. The number of nitrogen functional groups attached to an aromatic ring is 1. The Bertz CT molecular complexity index is 500. The van der Waals surface area contributed by atoms with E-state index in [2.05, 4.69) is 15.3 Å². The highest BCUT2D eigenvalue weighted by atomic mass is 16.3. The van der Waals surface area contributed by atoms with E-state index in [1.165, 1.54) is 6.20 Å². The first kappa shape index (κ1) is 12.3. The molecule has 0 aliphatic rings. The molecule has 0 spiro atoms. The Kier molecular flexibility index (Phi) is 3.43. The summed E-state index contributed by atoms with van der Waals surface area (Å²) < 4.78 is 0. The minimum Gasteiger partial charge on any atom is -0.394 e. The third-order valence-electron chi connectivity index (χ3n) is 2.80. The lowest BCUT2D eigenvalue weighted by Gasteiger charge is -2.29. The number of aromatic nitrogens is 2. The predicted molar refractivity (Wildman–Crippen MR) is 70.9 cm³/mol. The van der Waals surface area contributed by atoms with E-state index in [0.29, 0.717) is 11.6 Å². The summed E-state index contributed by atoms with van der Waals surface area (Å²) in [7, 11) is 0. The molecule has 5 heteroatoms. The summed E-state index contributed by atoms with van der Waals surface area (Å²) in [5.41, 5.74) is 5.86. The summed E-state index contributed by atoms with van der Waals surface area (Å²) in [5, 5.41) is 12.8. The van der Waals surface area contributed by atoms with Crippen LogP contribution in [0.1, 0.15) is 12.5 Å². The highest BCUT2D eigenvalue weighted by Crippen LogP contribution is 2.24. The molecule has 0 radical (unpaired) electrons. The molecule has 4 N–H and O–H groups in total. The number of rotatable bonds is 4. The van der Waals surface area contributed by atoms with Crippen molar-refractivity contribution in [1.29, 1.82) is 0 Å². The number of aliphatic hydroxyl groups excluding tert-OH is 1. The van der Waals surface area contributed by atoms with E-state index in [1.54, 1.807) is 6.20 Å². The first-order valence-electron chi connectivity index (χ1n) is 5.66. The van der Waals surface area contributed by atoms with Crippen LogP contribution in [-0.4, -0.2) is 21.7 Å². The van der Waals surface area contributed by atoms with Gasteiger partial charge in [0.1, 0.15) is 11.6 Å². The van der Waals surface area contributed by atoms with Crippen LogP contribution in [0.4, 0.5) is 11.6 Å². The van der Waals surface area contributed by atoms with Crippen LogP contribution in [0.2, 0.25) is 0 Å². The second-order valence-corrected chi connectivity index (χ2v) is 4.31. The molecule has 1 aromatic heterocycles. The number of aliphatic hydroxyl groups is 1. The molecule has 0 aliphatic carbocycles. The molecule has 0 saturated heterocycles. The van der Waals surface area contributed by atoms with Gasteiger partial charge in [-0.2, -0.15) is 0 Å². The van der Waals surface area contributed by atoms with Gasteiger partial charge in [-0.3, -0.25) is 0 Å². The first-order valence-corrected chi connectivity index (χ1v) is 5.66. The number of nitrogens with zero attached hydrogens (tertiary/aromatic N) is 2. The number of hydrogen-bond donors (Lipinski definition) is 3. The standard InChI is InChI=1S/C13H16N4O/c1-13(9-18,10-5-3-2-4-6-10)17-12-8-15-11(14)7-16-12/h2-8,18H,9H2,1H3,(H2,14,15)(H,16,17). The number of anilines is 2. The Morgan fingerprint density at radius 2 is 1.94 bits per heavy atom. The number of hydrogen-bond acceptors (Lipinski definition) is 5. The molecule has 1 unspecified atom stereocenters. The van der Waals surface area contributed by atoms with E-state index >= 15 is 0 Å². The Morgan fingerprint density at radius 3 is 2.50 bits per heavy atom. The molecule has 0 aliphatic heterocycles. The fourth-order valence-corrected chi connectivity index (χ4v) is 1.69. The molecule has 2 aromatic rings. The fourth-order valence-electron chi connectivity index (χ4n) is 1.69. The molecule has 5 nitrogen and oxygen atoms in total. The Morgan fingerprint density at radius 1 is 1.22 bits per heavy atom. The smallest absolute Gasteiger partial charge is 0.145 e. The van der Waals surface area contributed by atoms with Crippen molar-refractivity contribution in [3.8, 4) is 0 Å². The van der Waals surface area contributed by atoms with Crippen molar-refractivity contribution in [3.05, 3.63) is 48.3 Å². The number of benzene rings is 1. The Labute approximate surface area is 106 Å². The predicted octanol–water partition coefficient (Wildman–Crippen LogP) is 1.38. The van der Waals surface area contributed by atoms with Crippen LogP contribution in [0.5, 0.6) is 0 Å². The summed E-state index contributed by atoms with van der Waals surface area (Å²) in [4.78, 5) is 8.09. The molecule has 1 atom stereocenters. The summed E-state index contributed by atoms with van der Waals surface area (Å²) in [5.74, 6) is 0.940. The van der Waals surface area contributed by atoms with Gasteiger partial charge >= 0.3 is 0 Å². The van der Waals surface area contributed by atoms with Gasteiger partial charge in [0.15, 0.2) is 0 Å². The zero-order valence-corrected chi connectivity index (χ0v) is 10.2. The van der Waals surface area contributed by atoms with Crippen molar-refractivity contribution in [2.45, 2.75) is 12.5 Å². The van der Waals surface area contributed by atoms with Gasteiger partial charge in [0, 0.05) is 0 Å². The molecule has 2 rings (SSSR count). The third-order valence-corrected chi connectivity index (χ3v) is 2.80. The van der Waals surface area contributed by atoms with Gasteiger partial charge in [0.2, 0.25) is 0 Å². The van der Waals surface area contributed by atoms with Gasteiger partial charge in [0.05, 0.1) is 24.5 Å². The average molecular weight is 244 g/mol. The van der Waals surface area contributed by atoms with Gasteiger partial charge in [-0.25, -0.2) is 9.97 Å². The lowest BCUT2D eigenvalue weighted by Crippen LogP contribution is -2.36. The number of nitrogens with one attached hydrogen (secondary N) is 1. The third kappa shape index (κ3) is 2.57. The summed E-state index contributed by atoms with van der Waals surface area (Å²) >= 11 is 0. The highest BCUT2D eigenvalue weighted by Gasteiger charge is 2.25. The molecule has 18 heavy (non-hydrogen) atoms. The van der Waals surface area contributed by atoms with Gasteiger partial charge in [-0.15, -0.1) is 0 Å². The average Bonchev–Trinajstić information content (AvgIpc) is 2.42. The molecule has 0 fully saturated rings. The zero-order chi connectivity index (χ0) is 13.0. The SMILES string of the molecule is CC(CO)(Nc1cnc(N)cn1)c1ccccc1. The van der Waals surface area contributed by atoms with Crippen molar-refractivity contribution >= 4 is 11.6 Å². The van der Waals surface area contributed by atoms with Crippen molar-refractivity contribution in [3.63, 3.8) is 0 Å². The monoisotopic (exact) mass is 244 g/mol. The van der Waals surface area contributed by atoms with Gasteiger partial charge in [0.25, 0.3) is 0 Å². The van der Waals surface area contributed by atoms with E-state index in [9.17, 15) is 5.11 Å². The normalized spacial score (nSPS) is 13.9. The largest absolute Gasteiger partial charge is 0.394 e. The van der Waals surface area contributed by atoms with E-state index in [4.69, 9.17) is 5.73 Å². The van der Waals surface area contributed by atoms with Crippen molar-refractivity contribution < 1.29 is 5.11 Å². The highest BCUT2D eigenvalue weighted by molar-refractivity contribution is 5.42. The second-order valence-electron chi connectivity index (χ2n) is 4.31. The van der Waals surface area contributed by atoms with Gasteiger partial charge in [-0.05, 0) is 12.5 Å². The van der Waals surface area contributed by atoms with Gasteiger partial charge in [-0.1, -0.05) is 30.3 Å². The quantitative estimate of drug-likeness (QED) is 0.756. The van der Waals surface area contributed by atoms with Crippen molar-refractivity contribution in [2.75, 3.05) is 17.7 Å². The summed E-state index contributed by atoms with van der Waals surface area (Å²) in [6.07, 6.45) is 3.03. The minimum absolute atomic E-state index is 0.0525. The van der Waals surface area contributed by atoms with Crippen LogP contribution in [0, 0.1) is 0 Å². The molecular formula is C13H16N4O.